The molecule has 29 heavy (non-hydrogen) atoms. The van der Waals surface area contributed by atoms with Crippen LogP contribution in [0.4, 0.5) is 5.69 Å². The third-order valence-electron chi connectivity index (χ3n) is 3.73. The summed E-state index contributed by atoms with van der Waals surface area (Å²) in [7, 11) is 0. The van der Waals surface area contributed by atoms with Crippen LogP contribution in [0.5, 0.6) is 0 Å². The van der Waals surface area contributed by atoms with Crippen LogP contribution >= 0.6 is 22.7 Å². The highest BCUT2D eigenvalue weighted by molar-refractivity contribution is 7.16. The number of amides is 2. The number of ether oxygens (including phenoxy) is 1. The lowest BCUT2D eigenvalue weighted by Gasteiger charge is -2.06. The van der Waals surface area contributed by atoms with Crippen LogP contribution in [-0.4, -0.2) is 29.0 Å². The highest BCUT2D eigenvalue weighted by Gasteiger charge is 2.12. The van der Waals surface area contributed by atoms with Crippen LogP contribution in [0.2, 0.25) is 0 Å². The molecule has 0 aliphatic heterocycles. The number of carbonyl (C=O) groups is 3. The smallest absolute Gasteiger partial charge is 0.326 e. The van der Waals surface area contributed by atoms with Crippen molar-refractivity contribution in [3.8, 4) is 0 Å². The van der Waals surface area contributed by atoms with Crippen molar-refractivity contribution in [2.24, 2.45) is 4.99 Å². The number of benzene rings is 1. The zero-order valence-electron chi connectivity index (χ0n) is 15.9. The molecule has 0 unspecified atom stereocenters. The molecule has 0 bridgehead atoms. The minimum atomic E-state index is -0.426. The third kappa shape index (κ3) is 5.49. The van der Waals surface area contributed by atoms with Gasteiger partial charge < -0.3 is 14.6 Å². The summed E-state index contributed by atoms with van der Waals surface area (Å²) in [4.78, 5) is 41.2. The van der Waals surface area contributed by atoms with E-state index >= 15 is 0 Å². The van der Waals surface area contributed by atoms with E-state index in [9.17, 15) is 14.4 Å². The average molecular weight is 430 g/mol. The number of nitrogens with zero attached hydrogens (tertiary/aromatic N) is 2. The van der Waals surface area contributed by atoms with Crippen molar-refractivity contribution in [1.82, 2.24) is 4.57 Å². The lowest BCUT2D eigenvalue weighted by Crippen LogP contribution is -2.22. The van der Waals surface area contributed by atoms with Crippen LogP contribution in [0.3, 0.4) is 0 Å². The summed E-state index contributed by atoms with van der Waals surface area (Å²) in [6.07, 6.45) is 3.10. The Balaban J connectivity index is 2.01. The lowest BCUT2D eigenvalue weighted by atomic mass is 10.3. The van der Waals surface area contributed by atoms with E-state index in [1.165, 1.54) is 35.7 Å². The molecule has 0 radical (unpaired) electrons. The fraction of sp³-hybridized carbons (Fsp3) is 0.200. The van der Waals surface area contributed by atoms with Gasteiger partial charge in [0, 0.05) is 23.6 Å². The van der Waals surface area contributed by atoms with Crippen LogP contribution in [0.15, 0.2) is 46.8 Å². The van der Waals surface area contributed by atoms with Crippen LogP contribution in [0.1, 0.15) is 18.7 Å². The predicted molar refractivity (Wildman–Crippen MR) is 115 cm³/mol. The van der Waals surface area contributed by atoms with Gasteiger partial charge in [-0.1, -0.05) is 17.4 Å². The summed E-state index contributed by atoms with van der Waals surface area (Å²) in [5.74, 6) is -1.02. The molecule has 3 rings (SSSR count). The van der Waals surface area contributed by atoms with E-state index in [1.54, 1.807) is 35.8 Å². The van der Waals surface area contributed by atoms with E-state index in [-0.39, 0.29) is 19.1 Å². The van der Waals surface area contributed by atoms with Gasteiger partial charge in [-0.2, -0.15) is 4.99 Å². The second kappa shape index (κ2) is 9.44. The Bertz CT molecular complexity index is 1140. The first-order valence-corrected chi connectivity index (χ1v) is 10.5. The van der Waals surface area contributed by atoms with Crippen LogP contribution in [0.25, 0.3) is 16.3 Å². The van der Waals surface area contributed by atoms with E-state index in [1.807, 2.05) is 17.5 Å². The number of rotatable bonds is 6. The SMILES string of the molecule is CCOC(=O)Cn1c(=NC(=O)C=Cc2cccs2)sc2cc(NC(C)=O)ccc21. The monoisotopic (exact) mass is 429 g/mol. The molecule has 1 N–H and O–H groups in total. The fourth-order valence-electron chi connectivity index (χ4n) is 2.60. The third-order valence-corrected chi connectivity index (χ3v) is 5.61. The summed E-state index contributed by atoms with van der Waals surface area (Å²) >= 11 is 2.78. The van der Waals surface area contributed by atoms with Crippen molar-refractivity contribution in [2.75, 3.05) is 11.9 Å². The van der Waals surface area contributed by atoms with E-state index in [0.717, 1.165) is 15.1 Å². The molecule has 7 nitrogen and oxygen atoms in total. The van der Waals surface area contributed by atoms with Crippen molar-refractivity contribution < 1.29 is 19.1 Å². The first-order valence-electron chi connectivity index (χ1n) is 8.83. The number of hydrogen-bond acceptors (Lipinski definition) is 6. The predicted octanol–water partition coefficient (Wildman–Crippen LogP) is 3.43. The molecule has 0 atom stereocenters. The van der Waals surface area contributed by atoms with E-state index in [2.05, 4.69) is 10.3 Å². The molecule has 0 fully saturated rings. The van der Waals surface area contributed by atoms with Gasteiger partial charge in [-0.05, 0) is 42.6 Å². The first kappa shape index (κ1) is 20.7. The topological polar surface area (TPSA) is 89.8 Å². The normalized spacial score (nSPS) is 11.9. The maximum atomic E-state index is 12.3. The van der Waals surface area contributed by atoms with E-state index in [4.69, 9.17) is 4.74 Å². The molecular formula is C20H19N3O4S2. The van der Waals surface area contributed by atoms with Gasteiger partial charge in [-0.3, -0.25) is 14.4 Å². The summed E-state index contributed by atoms with van der Waals surface area (Å²) in [6.45, 7) is 3.37. The molecule has 150 valence electrons. The van der Waals surface area contributed by atoms with Gasteiger partial charge >= 0.3 is 5.97 Å². The van der Waals surface area contributed by atoms with Crippen molar-refractivity contribution >= 4 is 62.4 Å². The second-order valence-corrected chi connectivity index (χ2v) is 7.93. The van der Waals surface area contributed by atoms with Crippen LogP contribution in [-0.2, 0) is 25.7 Å². The van der Waals surface area contributed by atoms with Gasteiger partial charge in [0.15, 0.2) is 4.80 Å². The standard InChI is InChI=1S/C20H19N3O4S2/c1-3-27-19(26)12-23-16-8-6-14(21-13(2)24)11-17(16)29-20(23)22-18(25)9-7-15-5-4-10-28-15/h4-11H,3,12H2,1-2H3,(H,21,24). The van der Waals surface area contributed by atoms with Crippen molar-refractivity contribution in [1.29, 1.82) is 0 Å². The molecule has 2 aromatic heterocycles. The number of nitrogens with one attached hydrogen (secondary N) is 1. The molecule has 0 saturated carbocycles. The Kier molecular flexibility index (Phi) is 6.73. The number of aromatic nitrogens is 1. The maximum Gasteiger partial charge on any atom is 0.326 e. The summed E-state index contributed by atoms with van der Waals surface area (Å²) < 4.78 is 7.48. The van der Waals surface area contributed by atoms with E-state index in [0.29, 0.717) is 10.5 Å². The van der Waals surface area contributed by atoms with Gasteiger partial charge in [0.25, 0.3) is 5.91 Å². The molecule has 1 aromatic carbocycles. The molecule has 0 saturated heterocycles. The van der Waals surface area contributed by atoms with E-state index < -0.39 is 11.9 Å². The molecular weight excluding hydrogens is 410 g/mol. The number of thiazole rings is 1. The molecule has 0 aliphatic rings. The van der Waals surface area contributed by atoms with Gasteiger partial charge in [0.2, 0.25) is 5.91 Å². The van der Waals surface area contributed by atoms with Gasteiger partial charge in [0.05, 0.1) is 16.8 Å². The Labute approximate surface area is 175 Å². The zero-order valence-corrected chi connectivity index (χ0v) is 17.5. The Hall–Kier alpha value is -3.04. The number of fused-ring (bicyclic) bond motifs is 1. The van der Waals surface area contributed by atoms with Crippen molar-refractivity contribution in [3.05, 3.63) is 51.5 Å². The molecule has 0 spiro atoms. The van der Waals surface area contributed by atoms with Crippen molar-refractivity contribution in [3.63, 3.8) is 0 Å². The summed E-state index contributed by atoms with van der Waals surface area (Å²) in [6, 6.07) is 9.10. The van der Waals surface area contributed by atoms with Crippen molar-refractivity contribution in [2.45, 2.75) is 20.4 Å². The average Bonchev–Trinajstić information content (AvgIpc) is 3.28. The second-order valence-electron chi connectivity index (χ2n) is 5.94. The molecule has 3 aromatic rings. The molecule has 0 aliphatic carbocycles. The first-order chi connectivity index (χ1) is 14.0. The number of esters is 1. The lowest BCUT2D eigenvalue weighted by molar-refractivity contribution is -0.143. The molecule has 9 heteroatoms. The Morgan fingerprint density at radius 1 is 1.28 bits per heavy atom. The minimum absolute atomic E-state index is 0.0614. The summed E-state index contributed by atoms with van der Waals surface area (Å²) in [5.41, 5.74) is 1.36. The number of hydrogen-bond donors (Lipinski definition) is 1. The van der Waals surface area contributed by atoms with Gasteiger partial charge in [-0.25, -0.2) is 0 Å². The van der Waals surface area contributed by atoms with Crippen LogP contribution in [0, 0.1) is 0 Å². The maximum absolute atomic E-state index is 12.3. The molecule has 2 heterocycles. The van der Waals surface area contributed by atoms with Crippen LogP contribution < -0.4 is 10.1 Å². The Morgan fingerprint density at radius 3 is 2.79 bits per heavy atom. The largest absolute Gasteiger partial charge is 0.465 e. The van der Waals surface area contributed by atoms with Gasteiger partial charge in [0.1, 0.15) is 6.54 Å². The highest BCUT2D eigenvalue weighted by Crippen LogP contribution is 2.22. The number of anilines is 1. The minimum Gasteiger partial charge on any atom is -0.465 e. The van der Waals surface area contributed by atoms with Gasteiger partial charge in [-0.15, -0.1) is 11.3 Å². The fourth-order valence-corrected chi connectivity index (χ4v) is 4.29. The highest BCUT2D eigenvalue weighted by atomic mass is 32.1. The number of carbonyl (C=O) groups excluding carboxylic acids is 3. The number of thiophene rings is 1. The Morgan fingerprint density at radius 2 is 2.10 bits per heavy atom. The molecule has 2 amide bonds. The zero-order chi connectivity index (χ0) is 20.8. The quantitative estimate of drug-likeness (QED) is 0.480. The summed E-state index contributed by atoms with van der Waals surface area (Å²) in [5, 5.41) is 4.65.